The molecule has 0 saturated heterocycles. The number of nitrogen functional groups attached to an aromatic ring is 2. The van der Waals surface area contributed by atoms with Gasteiger partial charge in [-0.15, -0.1) is 0 Å². The van der Waals surface area contributed by atoms with E-state index < -0.39 is 5.83 Å². The fourth-order valence-electron chi connectivity index (χ4n) is 4.19. The normalized spacial score (nSPS) is 14.3. The molecule has 0 bridgehead atoms. The van der Waals surface area contributed by atoms with Crippen molar-refractivity contribution in [3.8, 4) is 11.1 Å². The van der Waals surface area contributed by atoms with E-state index in [9.17, 15) is 4.39 Å². The average molecular weight is 407 g/mol. The Hall–Kier alpha value is -3.25. The Morgan fingerprint density at radius 2 is 2.10 bits per heavy atom. The summed E-state index contributed by atoms with van der Waals surface area (Å²) in [6.07, 6.45) is 3.81. The van der Waals surface area contributed by atoms with Gasteiger partial charge in [0.25, 0.3) is 0 Å². The third kappa shape index (κ3) is 3.13. The molecular weight excluding hydrogens is 379 g/mol. The third-order valence-electron chi connectivity index (χ3n) is 5.93. The van der Waals surface area contributed by atoms with Crippen LogP contribution in [-0.2, 0) is 6.54 Å². The van der Waals surface area contributed by atoms with Crippen LogP contribution in [0.5, 0.6) is 0 Å². The van der Waals surface area contributed by atoms with Crippen LogP contribution >= 0.6 is 0 Å². The quantitative estimate of drug-likeness (QED) is 0.308. The second-order valence-electron chi connectivity index (χ2n) is 7.86. The number of aryl methyl sites for hydroxylation is 1. The molecule has 0 amide bonds. The maximum Gasteiger partial charge on any atom is 0.160 e. The Morgan fingerprint density at radius 3 is 2.80 bits per heavy atom. The van der Waals surface area contributed by atoms with Gasteiger partial charge in [0.05, 0.1) is 17.1 Å². The van der Waals surface area contributed by atoms with Crippen LogP contribution in [0.4, 0.5) is 21.5 Å². The molecule has 6 N–H and O–H groups in total. The molecule has 156 valence electrons. The van der Waals surface area contributed by atoms with E-state index in [2.05, 4.69) is 56.4 Å². The molecule has 2 aromatic carbocycles. The standard InChI is InChI=1S/C24H27FN4O/c1-5-12(2)21-16-10-15(20-13(3)6-8-18-17(20)11-28-29-18)22(26)23(27)24(16)30-19(21)9-7-14(4)25/h6-10,12,28-29H,4-5,11,26-27H2,1-3H3/b9-7-. The van der Waals surface area contributed by atoms with Crippen molar-refractivity contribution in [3.63, 3.8) is 0 Å². The molecule has 4 rings (SSSR count). The Balaban J connectivity index is 2.04. The molecule has 6 heteroatoms. The van der Waals surface area contributed by atoms with E-state index in [1.807, 2.05) is 0 Å². The van der Waals surface area contributed by atoms with Crippen molar-refractivity contribution >= 4 is 34.1 Å². The second-order valence-corrected chi connectivity index (χ2v) is 7.86. The first kappa shape index (κ1) is 20.0. The van der Waals surface area contributed by atoms with Crippen LogP contribution < -0.4 is 22.3 Å². The highest BCUT2D eigenvalue weighted by Crippen LogP contribution is 2.46. The number of hydrogen-bond acceptors (Lipinski definition) is 5. The minimum atomic E-state index is -0.533. The van der Waals surface area contributed by atoms with E-state index in [1.165, 1.54) is 6.08 Å². The van der Waals surface area contributed by atoms with E-state index >= 15 is 0 Å². The minimum absolute atomic E-state index is 0.195. The molecule has 1 aromatic heterocycles. The van der Waals surface area contributed by atoms with Crippen LogP contribution in [0.15, 0.2) is 41.1 Å². The molecule has 0 aliphatic carbocycles. The Morgan fingerprint density at radius 1 is 1.33 bits per heavy atom. The lowest BCUT2D eigenvalue weighted by Crippen LogP contribution is -2.11. The van der Waals surface area contributed by atoms with Crippen LogP contribution in [0.2, 0.25) is 0 Å². The van der Waals surface area contributed by atoms with Gasteiger partial charge in [0.1, 0.15) is 11.6 Å². The summed E-state index contributed by atoms with van der Waals surface area (Å²) in [5.74, 6) is 0.245. The molecule has 1 unspecified atom stereocenters. The largest absolute Gasteiger partial charge is 0.454 e. The smallest absolute Gasteiger partial charge is 0.160 e. The van der Waals surface area contributed by atoms with Gasteiger partial charge in [0, 0.05) is 28.6 Å². The fourth-order valence-corrected chi connectivity index (χ4v) is 4.19. The zero-order valence-corrected chi connectivity index (χ0v) is 17.5. The number of nitrogens with one attached hydrogen (secondary N) is 2. The van der Waals surface area contributed by atoms with Crippen molar-refractivity contribution in [2.24, 2.45) is 0 Å². The number of furan rings is 1. The lowest BCUT2D eigenvalue weighted by Gasteiger charge is -2.16. The molecule has 0 saturated carbocycles. The molecular formula is C24H27FN4O. The van der Waals surface area contributed by atoms with E-state index in [0.717, 1.165) is 45.3 Å². The van der Waals surface area contributed by atoms with Gasteiger partial charge in [-0.2, -0.15) is 0 Å². The topological polar surface area (TPSA) is 89.2 Å². The van der Waals surface area contributed by atoms with Gasteiger partial charge in [0.2, 0.25) is 0 Å². The lowest BCUT2D eigenvalue weighted by molar-refractivity contribution is 0.589. The van der Waals surface area contributed by atoms with Crippen LogP contribution in [0.25, 0.3) is 28.2 Å². The summed E-state index contributed by atoms with van der Waals surface area (Å²) < 4.78 is 19.4. The van der Waals surface area contributed by atoms with Crippen molar-refractivity contribution in [2.45, 2.75) is 39.7 Å². The first-order valence-electron chi connectivity index (χ1n) is 10.1. The average Bonchev–Trinajstić information content (AvgIpc) is 3.33. The number of allylic oxidation sites excluding steroid dienone is 2. The molecule has 1 aliphatic rings. The zero-order valence-electron chi connectivity index (χ0n) is 17.5. The molecule has 0 spiro atoms. The molecule has 3 aromatic rings. The molecule has 30 heavy (non-hydrogen) atoms. The monoisotopic (exact) mass is 406 g/mol. The number of anilines is 3. The van der Waals surface area contributed by atoms with Gasteiger partial charge in [-0.1, -0.05) is 26.5 Å². The van der Waals surface area contributed by atoms with Crippen molar-refractivity contribution < 1.29 is 8.81 Å². The Labute approximate surface area is 175 Å². The molecule has 1 aliphatic heterocycles. The highest BCUT2D eigenvalue weighted by Gasteiger charge is 2.25. The van der Waals surface area contributed by atoms with E-state index in [0.29, 0.717) is 29.3 Å². The van der Waals surface area contributed by atoms with Crippen LogP contribution in [0.3, 0.4) is 0 Å². The number of fused-ring (bicyclic) bond motifs is 2. The van der Waals surface area contributed by atoms with Gasteiger partial charge in [0.15, 0.2) is 5.58 Å². The molecule has 2 heterocycles. The summed E-state index contributed by atoms with van der Waals surface area (Å²) >= 11 is 0. The highest BCUT2D eigenvalue weighted by molar-refractivity contribution is 6.05. The number of hydrogen-bond donors (Lipinski definition) is 4. The maximum absolute atomic E-state index is 13.3. The molecule has 0 fully saturated rings. The summed E-state index contributed by atoms with van der Waals surface area (Å²) in [5.41, 5.74) is 27.0. The van der Waals surface area contributed by atoms with Gasteiger partial charge < -0.3 is 21.3 Å². The number of benzene rings is 2. The Kier molecular flexibility index (Phi) is 5.03. The van der Waals surface area contributed by atoms with E-state index in [-0.39, 0.29) is 5.92 Å². The summed E-state index contributed by atoms with van der Waals surface area (Å²) in [6, 6.07) is 6.19. The van der Waals surface area contributed by atoms with Gasteiger partial charge in [-0.05, 0) is 54.7 Å². The van der Waals surface area contributed by atoms with Crippen molar-refractivity contribution in [2.75, 3.05) is 16.9 Å². The molecule has 1 atom stereocenters. The van der Waals surface area contributed by atoms with Crippen LogP contribution in [0, 0.1) is 6.92 Å². The van der Waals surface area contributed by atoms with E-state index in [4.69, 9.17) is 15.9 Å². The van der Waals surface area contributed by atoms with Gasteiger partial charge in [-0.3, -0.25) is 0 Å². The number of nitrogens with two attached hydrogens (primary N) is 2. The Bertz CT molecular complexity index is 1190. The molecule has 5 nitrogen and oxygen atoms in total. The highest BCUT2D eigenvalue weighted by atomic mass is 19.1. The first-order valence-corrected chi connectivity index (χ1v) is 10.1. The summed E-state index contributed by atoms with van der Waals surface area (Å²) in [5, 5.41) is 0.908. The number of hydrazine groups is 1. The van der Waals surface area contributed by atoms with E-state index in [1.54, 1.807) is 6.08 Å². The second kappa shape index (κ2) is 7.54. The fraction of sp³-hybridized carbons (Fsp3) is 0.250. The van der Waals surface area contributed by atoms with Crippen molar-refractivity contribution in [1.82, 2.24) is 5.43 Å². The predicted octanol–water partition coefficient (Wildman–Crippen LogP) is 6.01. The number of rotatable bonds is 5. The first-order chi connectivity index (χ1) is 14.3. The van der Waals surface area contributed by atoms with Crippen LogP contribution in [-0.4, -0.2) is 0 Å². The molecule has 0 radical (unpaired) electrons. The summed E-state index contributed by atoms with van der Waals surface area (Å²) in [6.45, 7) is 10.3. The van der Waals surface area contributed by atoms with Crippen LogP contribution in [0.1, 0.15) is 48.6 Å². The van der Waals surface area contributed by atoms with Crippen molar-refractivity contribution in [1.29, 1.82) is 0 Å². The third-order valence-corrected chi connectivity index (χ3v) is 5.93. The maximum atomic E-state index is 13.3. The summed E-state index contributed by atoms with van der Waals surface area (Å²) in [4.78, 5) is 0. The van der Waals surface area contributed by atoms with Gasteiger partial charge >= 0.3 is 0 Å². The zero-order chi connectivity index (χ0) is 21.6. The number of halogens is 1. The van der Waals surface area contributed by atoms with Crippen molar-refractivity contribution in [3.05, 3.63) is 59.1 Å². The lowest BCUT2D eigenvalue weighted by atomic mass is 9.89. The van der Waals surface area contributed by atoms with Gasteiger partial charge in [-0.25, -0.2) is 9.82 Å². The SMILES string of the molecule is C=C(F)/C=C\c1oc2c(N)c(N)c(-c3c(C)ccc4c3CNN4)cc2c1C(C)CC. The summed E-state index contributed by atoms with van der Waals surface area (Å²) in [7, 11) is 0. The predicted molar refractivity (Wildman–Crippen MR) is 124 cm³/mol. The minimum Gasteiger partial charge on any atom is -0.454 e.